The molecule has 0 spiro atoms. The van der Waals surface area contributed by atoms with Crippen molar-refractivity contribution < 1.29 is 33.6 Å². The molecule has 198 valence electrons. The Balaban J connectivity index is 1.81. The minimum atomic E-state index is -0.778. The van der Waals surface area contributed by atoms with Gasteiger partial charge < -0.3 is 29.0 Å². The maximum Gasteiger partial charge on any atom is 0.295 e. The van der Waals surface area contributed by atoms with E-state index in [1.165, 1.54) is 4.90 Å². The number of ketones is 1. The van der Waals surface area contributed by atoms with Crippen LogP contribution in [-0.4, -0.2) is 61.3 Å². The summed E-state index contributed by atoms with van der Waals surface area (Å²) in [6, 6.07) is 9.97. The lowest BCUT2D eigenvalue weighted by atomic mass is 9.94. The Kier molecular flexibility index (Phi) is 8.38. The maximum atomic E-state index is 13.3. The number of nitrogens with zero attached hydrogens (tertiary/aromatic N) is 1. The fourth-order valence-electron chi connectivity index (χ4n) is 4.86. The third-order valence-electron chi connectivity index (χ3n) is 6.50. The molecule has 2 aromatic rings. The summed E-state index contributed by atoms with van der Waals surface area (Å²) in [5.74, 6) is 0.323. The molecule has 8 heteroatoms. The van der Waals surface area contributed by atoms with Crippen LogP contribution in [0.15, 0.2) is 42.0 Å². The Morgan fingerprint density at radius 1 is 1.08 bits per heavy atom. The molecule has 1 amide bonds. The van der Waals surface area contributed by atoms with Crippen molar-refractivity contribution in [3.63, 3.8) is 0 Å². The SMILES string of the molecule is CCCOc1ccc([C@@H]2/C(=C(\O)c3ccc4c(c3)C[C@@H](C)O4)C(=O)C(=O)N2CCCOC)cc1OCC. The zero-order chi connectivity index (χ0) is 26.5. The second-order valence-electron chi connectivity index (χ2n) is 9.28. The maximum absolute atomic E-state index is 13.3. The molecule has 0 aliphatic carbocycles. The summed E-state index contributed by atoms with van der Waals surface area (Å²) < 4.78 is 22.6. The van der Waals surface area contributed by atoms with Gasteiger partial charge in [0.25, 0.3) is 11.7 Å². The van der Waals surface area contributed by atoms with Gasteiger partial charge in [0.2, 0.25) is 0 Å². The van der Waals surface area contributed by atoms with Crippen molar-refractivity contribution in [1.29, 1.82) is 0 Å². The normalized spacial score (nSPS) is 20.2. The van der Waals surface area contributed by atoms with Gasteiger partial charge in [-0.15, -0.1) is 0 Å². The molecule has 2 aromatic carbocycles. The number of aliphatic hydroxyl groups is 1. The molecule has 37 heavy (non-hydrogen) atoms. The lowest BCUT2D eigenvalue weighted by molar-refractivity contribution is -0.140. The predicted octanol–water partition coefficient (Wildman–Crippen LogP) is 4.66. The number of benzene rings is 2. The molecule has 1 fully saturated rings. The van der Waals surface area contributed by atoms with Crippen molar-refractivity contribution in [2.75, 3.05) is 33.5 Å². The van der Waals surface area contributed by atoms with Crippen molar-refractivity contribution in [3.8, 4) is 17.2 Å². The number of hydrogen-bond donors (Lipinski definition) is 1. The molecule has 4 rings (SSSR count). The van der Waals surface area contributed by atoms with Crippen molar-refractivity contribution in [1.82, 2.24) is 4.90 Å². The number of fused-ring (bicyclic) bond motifs is 1. The standard InChI is InChI=1S/C29H35NO7/c1-5-13-36-23-11-8-19(17-24(23)35-6-2)26-25(28(32)29(33)30(26)12-7-14-34-4)27(31)20-9-10-22-21(16-20)15-18(3)37-22/h8-11,16-18,26,31H,5-7,12-15H2,1-4H3/b27-25+/t18-,26-/m1/s1. The fraction of sp³-hybridized carbons (Fsp3) is 0.448. The number of likely N-dealkylation sites (tertiary alicyclic amines) is 1. The van der Waals surface area contributed by atoms with Crippen LogP contribution in [0.4, 0.5) is 0 Å². The first kappa shape index (κ1) is 26.5. The molecule has 2 atom stereocenters. The molecule has 2 heterocycles. The minimum absolute atomic E-state index is 0.0455. The summed E-state index contributed by atoms with van der Waals surface area (Å²) in [6.45, 7) is 7.58. The van der Waals surface area contributed by atoms with E-state index in [0.29, 0.717) is 61.8 Å². The second-order valence-corrected chi connectivity index (χ2v) is 9.28. The van der Waals surface area contributed by atoms with E-state index in [2.05, 4.69) is 0 Å². The summed E-state index contributed by atoms with van der Waals surface area (Å²) in [6.07, 6.45) is 2.15. The number of aliphatic hydroxyl groups excluding tert-OH is 1. The Bertz CT molecular complexity index is 1190. The van der Waals surface area contributed by atoms with Crippen LogP contribution in [0.1, 0.15) is 56.3 Å². The van der Waals surface area contributed by atoms with Gasteiger partial charge in [-0.3, -0.25) is 9.59 Å². The first-order valence-electron chi connectivity index (χ1n) is 12.9. The number of methoxy groups -OCH3 is 1. The van der Waals surface area contributed by atoms with E-state index in [1.807, 2.05) is 32.9 Å². The third kappa shape index (κ3) is 5.44. The molecule has 8 nitrogen and oxygen atoms in total. The van der Waals surface area contributed by atoms with Crippen LogP contribution in [0.25, 0.3) is 5.76 Å². The number of Topliss-reactive ketones (excluding diaryl/α,β-unsaturated/α-hetero) is 1. The van der Waals surface area contributed by atoms with Gasteiger partial charge in [0.15, 0.2) is 11.5 Å². The van der Waals surface area contributed by atoms with Crippen LogP contribution < -0.4 is 14.2 Å². The number of hydrogen-bond acceptors (Lipinski definition) is 7. The predicted molar refractivity (Wildman–Crippen MR) is 139 cm³/mol. The first-order chi connectivity index (χ1) is 17.9. The summed E-state index contributed by atoms with van der Waals surface area (Å²) in [5.41, 5.74) is 2.14. The number of carbonyl (C=O) groups excluding carboxylic acids is 2. The number of rotatable bonds is 11. The van der Waals surface area contributed by atoms with E-state index >= 15 is 0 Å². The quantitative estimate of drug-likeness (QED) is 0.204. The van der Waals surface area contributed by atoms with Crippen molar-refractivity contribution in [3.05, 3.63) is 58.7 Å². The Hall–Kier alpha value is -3.52. The number of amides is 1. The highest BCUT2D eigenvalue weighted by Crippen LogP contribution is 2.43. The molecule has 2 aliphatic rings. The van der Waals surface area contributed by atoms with Gasteiger partial charge in [-0.2, -0.15) is 0 Å². The van der Waals surface area contributed by atoms with Gasteiger partial charge in [-0.05, 0) is 68.1 Å². The monoisotopic (exact) mass is 509 g/mol. The summed E-state index contributed by atoms with van der Waals surface area (Å²) in [4.78, 5) is 28.0. The molecule has 0 aromatic heterocycles. The van der Waals surface area contributed by atoms with E-state index in [9.17, 15) is 14.7 Å². The molecule has 1 saturated heterocycles. The highest BCUT2D eigenvalue weighted by atomic mass is 16.5. The van der Waals surface area contributed by atoms with E-state index in [0.717, 1.165) is 17.7 Å². The zero-order valence-electron chi connectivity index (χ0n) is 21.9. The van der Waals surface area contributed by atoms with E-state index in [4.69, 9.17) is 18.9 Å². The van der Waals surface area contributed by atoms with Gasteiger partial charge in [0.05, 0.1) is 24.8 Å². The molecule has 1 N–H and O–H groups in total. The van der Waals surface area contributed by atoms with Crippen LogP contribution in [0.2, 0.25) is 0 Å². The Morgan fingerprint density at radius 3 is 2.62 bits per heavy atom. The minimum Gasteiger partial charge on any atom is -0.507 e. The van der Waals surface area contributed by atoms with Crippen LogP contribution in [0, 0.1) is 0 Å². The molecule has 0 radical (unpaired) electrons. The molecular formula is C29H35NO7. The van der Waals surface area contributed by atoms with Crippen LogP contribution in [-0.2, 0) is 20.7 Å². The lowest BCUT2D eigenvalue weighted by Gasteiger charge is -2.26. The summed E-state index contributed by atoms with van der Waals surface area (Å²) in [7, 11) is 1.59. The average molecular weight is 510 g/mol. The Morgan fingerprint density at radius 2 is 1.89 bits per heavy atom. The van der Waals surface area contributed by atoms with Gasteiger partial charge in [0.1, 0.15) is 17.6 Å². The second kappa shape index (κ2) is 11.7. The average Bonchev–Trinajstić information content (AvgIpc) is 3.38. The van der Waals surface area contributed by atoms with Gasteiger partial charge in [-0.25, -0.2) is 0 Å². The van der Waals surface area contributed by atoms with Crippen LogP contribution >= 0.6 is 0 Å². The smallest absolute Gasteiger partial charge is 0.295 e. The molecule has 0 saturated carbocycles. The van der Waals surface area contributed by atoms with Gasteiger partial charge in [-0.1, -0.05) is 13.0 Å². The molecule has 0 unspecified atom stereocenters. The van der Waals surface area contributed by atoms with E-state index < -0.39 is 17.7 Å². The third-order valence-corrected chi connectivity index (χ3v) is 6.50. The zero-order valence-corrected chi connectivity index (χ0v) is 21.9. The molecule has 2 aliphatic heterocycles. The van der Waals surface area contributed by atoms with Crippen LogP contribution in [0.5, 0.6) is 17.2 Å². The number of carbonyl (C=O) groups is 2. The largest absolute Gasteiger partial charge is 0.507 e. The molecular weight excluding hydrogens is 474 g/mol. The fourth-order valence-corrected chi connectivity index (χ4v) is 4.86. The first-order valence-corrected chi connectivity index (χ1v) is 12.9. The summed E-state index contributed by atoms with van der Waals surface area (Å²) >= 11 is 0. The van der Waals surface area contributed by atoms with Crippen molar-refractivity contribution >= 4 is 17.4 Å². The van der Waals surface area contributed by atoms with Crippen LogP contribution in [0.3, 0.4) is 0 Å². The highest BCUT2D eigenvalue weighted by Gasteiger charge is 2.46. The van der Waals surface area contributed by atoms with Crippen molar-refractivity contribution in [2.24, 2.45) is 0 Å². The molecule has 0 bridgehead atoms. The summed E-state index contributed by atoms with van der Waals surface area (Å²) in [5, 5.41) is 11.4. The topological polar surface area (TPSA) is 94.5 Å². The lowest BCUT2D eigenvalue weighted by Crippen LogP contribution is -2.31. The number of ether oxygens (including phenoxy) is 4. The Labute approximate surface area is 217 Å². The van der Waals surface area contributed by atoms with E-state index in [-0.39, 0.29) is 17.4 Å². The van der Waals surface area contributed by atoms with Crippen molar-refractivity contribution in [2.45, 2.75) is 52.2 Å². The van der Waals surface area contributed by atoms with E-state index in [1.54, 1.807) is 31.4 Å². The van der Waals surface area contributed by atoms with Gasteiger partial charge in [0, 0.05) is 32.2 Å². The highest BCUT2D eigenvalue weighted by molar-refractivity contribution is 6.46. The van der Waals surface area contributed by atoms with Gasteiger partial charge >= 0.3 is 0 Å².